The predicted octanol–water partition coefficient (Wildman–Crippen LogP) is 6.28. The minimum absolute atomic E-state index is 0.166. The SMILES string of the molecule is O=C(CCc1ccccc1)Nc1onc(-c2cc(Cl)cc(Cl)c2)c1-c1ccncc1. The standard InChI is InChI=1S/C23H17Cl2N3O2/c24-18-12-17(13-19(25)14-18)22-21(16-8-10-26-11-9-16)23(30-28-22)27-20(29)7-6-15-4-2-1-3-5-15/h1-5,8-14H,6-7H2,(H,27,29). The molecule has 0 unspecified atom stereocenters. The fourth-order valence-corrected chi connectivity index (χ4v) is 3.67. The maximum absolute atomic E-state index is 12.6. The largest absolute Gasteiger partial charge is 0.337 e. The van der Waals surface area contributed by atoms with Gasteiger partial charge >= 0.3 is 0 Å². The van der Waals surface area contributed by atoms with Crippen LogP contribution in [0.25, 0.3) is 22.4 Å². The summed E-state index contributed by atoms with van der Waals surface area (Å²) in [7, 11) is 0. The summed E-state index contributed by atoms with van der Waals surface area (Å²) in [5, 5.41) is 8.00. The molecule has 0 bridgehead atoms. The van der Waals surface area contributed by atoms with E-state index in [2.05, 4.69) is 15.5 Å². The van der Waals surface area contributed by atoms with E-state index < -0.39 is 0 Å². The molecule has 150 valence electrons. The van der Waals surface area contributed by atoms with Gasteiger partial charge in [0.25, 0.3) is 0 Å². The number of anilines is 1. The Morgan fingerprint density at radius 3 is 2.33 bits per heavy atom. The second-order valence-corrected chi connectivity index (χ2v) is 7.54. The third kappa shape index (κ3) is 4.70. The Kier molecular flexibility index (Phi) is 6.12. The van der Waals surface area contributed by atoms with Crippen LogP contribution in [-0.2, 0) is 11.2 Å². The van der Waals surface area contributed by atoms with Crippen LogP contribution in [0.3, 0.4) is 0 Å². The Morgan fingerprint density at radius 2 is 1.63 bits per heavy atom. The lowest BCUT2D eigenvalue weighted by molar-refractivity contribution is -0.116. The molecule has 0 saturated heterocycles. The molecule has 0 radical (unpaired) electrons. The van der Waals surface area contributed by atoms with Crippen LogP contribution in [0.1, 0.15) is 12.0 Å². The number of nitrogens with zero attached hydrogens (tertiary/aromatic N) is 2. The van der Waals surface area contributed by atoms with Crippen LogP contribution in [0.5, 0.6) is 0 Å². The number of pyridine rings is 1. The average molecular weight is 438 g/mol. The molecule has 0 aliphatic heterocycles. The van der Waals surface area contributed by atoms with E-state index in [9.17, 15) is 4.79 Å². The number of carbonyl (C=O) groups excluding carboxylic acids is 1. The van der Waals surface area contributed by atoms with E-state index in [4.69, 9.17) is 27.7 Å². The third-order valence-corrected chi connectivity index (χ3v) is 4.97. The van der Waals surface area contributed by atoms with E-state index in [0.717, 1.165) is 11.1 Å². The summed E-state index contributed by atoms with van der Waals surface area (Å²) in [6.07, 6.45) is 4.27. The van der Waals surface area contributed by atoms with Crippen molar-refractivity contribution in [1.29, 1.82) is 0 Å². The number of hydrogen-bond acceptors (Lipinski definition) is 4. The molecule has 5 nitrogen and oxygen atoms in total. The molecule has 30 heavy (non-hydrogen) atoms. The lowest BCUT2D eigenvalue weighted by Gasteiger charge is -2.07. The minimum Gasteiger partial charge on any atom is -0.337 e. The Hall–Kier alpha value is -3.15. The Labute approximate surface area is 183 Å². The van der Waals surface area contributed by atoms with E-state index >= 15 is 0 Å². The quantitative estimate of drug-likeness (QED) is 0.385. The minimum atomic E-state index is -0.166. The van der Waals surface area contributed by atoms with Crippen LogP contribution in [0.2, 0.25) is 10.0 Å². The summed E-state index contributed by atoms with van der Waals surface area (Å²) in [4.78, 5) is 16.6. The average Bonchev–Trinajstić information content (AvgIpc) is 3.16. The normalized spacial score (nSPS) is 10.7. The second kappa shape index (κ2) is 9.11. The van der Waals surface area contributed by atoms with Crippen molar-refractivity contribution in [2.24, 2.45) is 0 Å². The topological polar surface area (TPSA) is 68.0 Å². The fraction of sp³-hybridized carbons (Fsp3) is 0.0870. The summed E-state index contributed by atoms with van der Waals surface area (Å²) < 4.78 is 5.52. The van der Waals surface area contributed by atoms with Gasteiger partial charge < -0.3 is 4.52 Å². The van der Waals surface area contributed by atoms with E-state index in [1.807, 2.05) is 42.5 Å². The molecule has 0 aliphatic carbocycles. The van der Waals surface area contributed by atoms with Crippen molar-refractivity contribution in [1.82, 2.24) is 10.1 Å². The summed E-state index contributed by atoms with van der Waals surface area (Å²) >= 11 is 12.3. The van der Waals surface area contributed by atoms with Crippen LogP contribution >= 0.6 is 23.2 Å². The highest BCUT2D eigenvalue weighted by molar-refractivity contribution is 6.35. The lowest BCUT2D eigenvalue weighted by atomic mass is 10.0. The highest BCUT2D eigenvalue weighted by atomic mass is 35.5. The zero-order valence-corrected chi connectivity index (χ0v) is 17.3. The van der Waals surface area contributed by atoms with Gasteiger partial charge in [-0.05, 0) is 47.9 Å². The number of aromatic nitrogens is 2. The first-order valence-electron chi connectivity index (χ1n) is 9.30. The number of halogens is 2. The molecule has 0 spiro atoms. The van der Waals surface area contributed by atoms with Crippen LogP contribution in [0.15, 0.2) is 77.6 Å². The smallest absolute Gasteiger partial charge is 0.239 e. The van der Waals surface area contributed by atoms with Crippen molar-refractivity contribution in [3.8, 4) is 22.4 Å². The zero-order valence-electron chi connectivity index (χ0n) is 15.8. The first-order valence-corrected chi connectivity index (χ1v) is 10.1. The zero-order chi connectivity index (χ0) is 20.9. The highest BCUT2D eigenvalue weighted by Crippen LogP contribution is 2.39. The number of rotatable bonds is 6. The molecular weight excluding hydrogens is 421 g/mol. The van der Waals surface area contributed by atoms with Gasteiger partial charge in [-0.3, -0.25) is 15.1 Å². The van der Waals surface area contributed by atoms with Gasteiger partial charge in [0.1, 0.15) is 5.69 Å². The van der Waals surface area contributed by atoms with E-state index in [0.29, 0.717) is 39.7 Å². The van der Waals surface area contributed by atoms with Crippen molar-refractivity contribution < 1.29 is 9.32 Å². The number of hydrogen-bond donors (Lipinski definition) is 1. The van der Waals surface area contributed by atoms with Crippen molar-refractivity contribution >= 4 is 35.0 Å². The maximum Gasteiger partial charge on any atom is 0.239 e. The number of nitrogens with one attached hydrogen (secondary N) is 1. The number of aryl methyl sites for hydroxylation is 1. The summed E-state index contributed by atoms with van der Waals surface area (Å²) in [6, 6.07) is 18.6. The number of carbonyl (C=O) groups is 1. The van der Waals surface area contributed by atoms with Gasteiger partial charge in [0.15, 0.2) is 0 Å². The van der Waals surface area contributed by atoms with E-state index in [1.165, 1.54) is 0 Å². The monoisotopic (exact) mass is 437 g/mol. The van der Waals surface area contributed by atoms with Gasteiger partial charge in [-0.25, -0.2) is 0 Å². The molecule has 4 aromatic rings. The first kappa shape index (κ1) is 20.1. The predicted molar refractivity (Wildman–Crippen MR) is 119 cm³/mol. The van der Waals surface area contributed by atoms with Crippen LogP contribution in [0.4, 0.5) is 5.88 Å². The molecule has 2 aromatic heterocycles. The Bertz CT molecular complexity index is 1140. The molecule has 2 heterocycles. The molecule has 7 heteroatoms. The molecule has 0 fully saturated rings. The summed E-state index contributed by atoms with van der Waals surface area (Å²) in [5.41, 5.74) is 3.75. The van der Waals surface area contributed by atoms with Gasteiger partial charge in [0, 0.05) is 34.4 Å². The molecule has 1 amide bonds. The molecular formula is C23H17Cl2N3O2. The first-order chi connectivity index (χ1) is 14.6. The highest BCUT2D eigenvalue weighted by Gasteiger charge is 2.21. The number of benzene rings is 2. The van der Waals surface area contributed by atoms with Crippen LogP contribution in [0, 0.1) is 0 Å². The summed E-state index contributed by atoms with van der Waals surface area (Å²) in [5.74, 6) is 0.103. The van der Waals surface area contributed by atoms with Gasteiger partial charge in [-0.1, -0.05) is 58.7 Å². The van der Waals surface area contributed by atoms with Crippen LogP contribution < -0.4 is 5.32 Å². The Morgan fingerprint density at radius 1 is 0.933 bits per heavy atom. The lowest BCUT2D eigenvalue weighted by Crippen LogP contribution is -2.12. The molecule has 1 N–H and O–H groups in total. The van der Waals surface area contributed by atoms with Crippen molar-refractivity contribution in [2.75, 3.05) is 5.32 Å². The molecule has 0 atom stereocenters. The molecule has 4 rings (SSSR count). The van der Waals surface area contributed by atoms with Gasteiger partial charge in [-0.15, -0.1) is 0 Å². The van der Waals surface area contributed by atoms with Crippen LogP contribution in [-0.4, -0.2) is 16.0 Å². The van der Waals surface area contributed by atoms with E-state index in [-0.39, 0.29) is 11.8 Å². The van der Waals surface area contributed by atoms with Crippen molar-refractivity contribution in [3.05, 3.63) is 88.7 Å². The molecule has 0 saturated carbocycles. The third-order valence-electron chi connectivity index (χ3n) is 4.53. The van der Waals surface area contributed by atoms with E-state index in [1.54, 1.807) is 30.6 Å². The van der Waals surface area contributed by atoms with Gasteiger partial charge in [0.2, 0.25) is 11.8 Å². The van der Waals surface area contributed by atoms with Gasteiger partial charge in [-0.2, -0.15) is 0 Å². The molecule has 0 aliphatic rings. The summed E-state index contributed by atoms with van der Waals surface area (Å²) in [6.45, 7) is 0. The fourth-order valence-electron chi connectivity index (χ4n) is 3.14. The van der Waals surface area contributed by atoms with Crippen molar-refractivity contribution in [2.45, 2.75) is 12.8 Å². The van der Waals surface area contributed by atoms with Gasteiger partial charge in [0.05, 0.1) is 5.56 Å². The Balaban J connectivity index is 1.65. The number of amides is 1. The second-order valence-electron chi connectivity index (χ2n) is 6.66. The van der Waals surface area contributed by atoms with Crippen molar-refractivity contribution in [3.63, 3.8) is 0 Å². The molecule has 2 aromatic carbocycles. The maximum atomic E-state index is 12.6.